The van der Waals surface area contributed by atoms with E-state index in [1.807, 2.05) is 7.05 Å². The fourth-order valence-electron chi connectivity index (χ4n) is 1.41. The fourth-order valence-corrected chi connectivity index (χ4v) is 1.80. The summed E-state index contributed by atoms with van der Waals surface area (Å²) in [5.74, 6) is -0.692. The largest absolute Gasteiger partial charge is 0.772 e. The molecule has 2 unspecified atom stereocenters. The molecule has 1 aliphatic rings. The number of amides is 1. The minimum atomic E-state index is -2.27. The summed E-state index contributed by atoms with van der Waals surface area (Å²) in [6.07, 6.45) is 0.897. The van der Waals surface area contributed by atoms with E-state index in [-0.39, 0.29) is 5.91 Å². The first-order chi connectivity index (χ1) is 6.13. The summed E-state index contributed by atoms with van der Waals surface area (Å²) in [7, 11) is 1.84. The summed E-state index contributed by atoms with van der Waals surface area (Å²) in [6, 6.07) is 0.309. The van der Waals surface area contributed by atoms with Crippen LogP contribution in [-0.2, 0) is 15.9 Å². The number of rotatable bonds is 3. The molecule has 1 heterocycles. The smallest absolute Gasteiger partial charge is 0.234 e. The van der Waals surface area contributed by atoms with E-state index in [0.717, 1.165) is 6.42 Å². The molecule has 1 rings (SSSR count). The summed E-state index contributed by atoms with van der Waals surface area (Å²) in [5, 5.41) is 3.05. The van der Waals surface area contributed by atoms with Crippen LogP contribution in [0, 0.1) is 0 Å². The van der Waals surface area contributed by atoms with Gasteiger partial charge in [-0.2, -0.15) is 0 Å². The zero-order valence-electron chi connectivity index (χ0n) is 7.49. The lowest BCUT2D eigenvalue weighted by atomic mass is 10.3. The van der Waals surface area contributed by atoms with E-state index < -0.39 is 16.8 Å². The van der Waals surface area contributed by atoms with Gasteiger partial charge in [-0.15, -0.1) is 0 Å². The fraction of sp³-hybridized carbons (Fsp3) is 0.857. The highest BCUT2D eigenvalue weighted by molar-refractivity contribution is 7.79. The number of nitrogens with one attached hydrogen (secondary N) is 1. The van der Waals surface area contributed by atoms with Crippen molar-refractivity contribution in [2.24, 2.45) is 0 Å². The molecule has 1 amide bonds. The van der Waals surface area contributed by atoms with Gasteiger partial charge in [-0.05, 0) is 24.5 Å². The van der Waals surface area contributed by atoms with Crippen molar-refractivity contribution in [2.75, 3.05) is 25.9 Å². The quantitative estimate of drug-likeness (QED) is 0.580. The molecule has 0 spiro atoms. The maximum atomic E-state index is 11.2. The monoisotopic (exact) mass is 205 g/mol. The highest BCUT2D eigenvalue weighted by Gasteiger charge is 2.24. The topological polar surface area (TPSA) is 72.5 Å². The summed E-state index contributed by atoms with van der Waals surface area (Å²) >= 11 is -2.27. The second kappa shape index (κ2) is 4.69. The van der Waals surface area contributed by atoms with Crippen molar-refractivity contribution in [2.45, 2.75) is 12.5 Å². The second-order valence-corrected chi connectivity index (χ2v) is 3.96. The van der Waals surface area contributed by atoms with Crippen LogP contribution in [0.5, 0.6) is 0 Å². The molecular weight excluding hydrogens is 192 g/mol. The molecule has 6 heteroatoms. The van der Waals surface area contributed by atoms with Crippen LogP contribution in [0.25, 0.3) is 0 Å². The molecular formula is C7H13N2O3S-. The minimum absolute atomic E-state index is 0.300. The Morgan fingerprint density at radius 1 is 1.77 bits per heavy atom. The summed E-state index contributed by atoms with van der Waals surface area (Å²) in [4.78, 5) is 12.8. The third-order valence-electron chi connectivity index (χ3n) is 2.19. The second-order valence-electron chi connectivity index (χ2n) is 3.06. The van der Waals surface area contributed by atoms with Gasteiger partial charge in [0.1, 0.15) is 0 Å². The van der Waals surface area contributed by atoms with E-state index in [2.05, 4.69) is 5.32 Å². The molecule has 1 N–H and O–H groups in total. The molecule has 1 aliphatic heterocycles. The zero-order chi connectivity index (χ0) is 9.84. The van der Waals surface area contributed by atoms with Gasteiger partial charge in [-0.1, -0.05) is 0 Å². The molecule has 0 aliphatic carbocycles. The van der Waals surface area contributed by atoms with Crippen molar-refractivity contribution in [3.8, 4) is 0 Å². The van der Waals surface area contributed by atoms with Crippen LogP contribution in [0.2, 0.25) is 0 Å². The molecule has 0 radical (unpaired) electrons. The standard InChI is InChI=1S/C7H14N2O3S/c1-8-6-2-3-9(4-6)7(10)5-13(11)12/h6,8H,2-5H2,1H3,(H,11,12)/p-1. The van der Waals surface area contributed by atoms with Crippen molar-refractivity contribution in [1.82, 2.24) is 10.2 Å². The number of hydrogen-bond acceptors (Lipinski definition) is 4. The van der Waals surface area contributed by atoms with Crippen LogP contribution in [-0.4, -0.2) is 51.5 Å². The van der Waals surface area contributed by atoms with Gasteiger partial charge < -0.3 is 14.8 Å². The predicted octanol–water partition coefficient (Wildman–Crippen LogP) is -1.31. The summed E-state index contributed by atoms with van der Waals surface area (Å²) in [6.45, 7) is 1.27. The van der Waals surface area contributed by atoms with Gasteiger partial charge in [0.2, 0.25) is 5.91 Å². The van der Waals surface area contributed by atoms with Gasteiger partial charge in [0, 0.05) is 19.1 Å². The molecule has 2 atom stereocenters. The van der Waals surface area contributed by atoms with E-state index >= 15 is 0 Å². The van der Waals surface area contributed by atoms with E-state index in [0.29, 0.717) is 19.1 Å². The first kappa shape index (κ1) is 10.6. The Kier molecular flexibility index (Phi) is 3.83. The van der Waals surface area contributed by atoms with Crippen LogP contribution < -0.4 is 5.32 Å². The molecule has 0 bridgehead atoms. The number of carbonyl (C=O) groups is 1. The molecule has 0 aromatic heterocycles. The lowest BCUT2D eigenvalue weighted by molar-refractivity contribution is -0.127. The summed E-state index contributed by atoms with van der Waals surface area (Å²) in [5.41, 5.74) is 0. The number of carbonyl (C=O) groups excluding carboxylic acids is 1. The van der Waals surface area contributed by atoms with Gasteiger partial charge in [0.15, 0.2) is 0 Å². The number of likely N-dealkylation sites (N-methyl/N-ethyl adjacent to an activating group) is 1. The molecule has 76 valence electrons. The maximum Gasteiger partial charge on any atom is 0.234 e. The third kappa shape index (κ3) is 3.06. The Labute approximate surface area is 79.8 Å². The van der Waals surface area contributed by atoms with Crippen molar-refractivity contribution < 1.29 is 13.6 Å². The third-order valence-corrected chi connectivity index (χ3v) is 2.67. The van der Waals surface area contributed by atoms with Gasteiger partial charge in [-0.3, -0.25) is 9.00 Å². The van der Waals surface area contributed by atoms with Gasteiger partial charge in [0.25, 0.3) is 0 Å². The normalized spacial score (nSPS) is 24.8. The molecule has 0 aromatic carbocycles. The lowest BCUT2D eigenvalue weighted by Gasteiger charge is -2.16. The SMILES string of the molecule is CNC1CCN(C(=O)CS(=O)[O-])C1. The van der Waals surface area contributed by atoms with Crippen LogP contribution in [0.3, 0.4) is 0 Å². The molecule has 1 saturated heterocycles. The number of hydrogen-bond donors (Lipinski definition) is 1. The predicted molar refractivity (Wildman–Crippen MR) is 47.8 cm³/mol. The average Bonchev–Trinajstić information content (AvgIpc) is 2.50. The van der Waals surface area contributed by atoms with Crippen LogP contribution >= 0.6 is 0 Å². The highest BCUT2D eigenvalue weighted by atomic mass is 32.2. The minimum Gasteiger partial charge on any atom is -0.772 e. The average molecular weight is 205 g/mol. The molecule has 0 saturated carbocycles. The van der Waals surface area contributed by atoms with E-state index in [9.17, 15) is 13.6 Å². The number of nitrogens with zero attached hydrogens (tertiary/aromatic N) is 1. The van der Waals surface area contributed by atoms with Crippen LogP contribution in [0.1, 0.15) is 6.42 Å². The Bertz CT molecular complexity index is 222. The Morgan fingerprint density at radius 3 is 2.92 bits per heavy atom. The maximum absolute atomic E-state index is 11.2. The van der Waals surface area contributed by atoms with Gasteiger partial charge >= 0.3 is 0 Å². The molecule has 0 aromatic rings. The molecule has 13 heavy (non-hydrogen) atoms. The molecule has 1 fully saturated rings. The summed E-state index contributed by atoms with van der Waals surface area (Å²) < 4.78 is 20.5. The van der Waals surface area contributed by atoms with Crippen molar-refractivity contribution in [1.29, 1.82) is 0 Å². The van der Waals surface area contributed by atoms with Crippen molar-refractivity contribution in [3.05, 3.63) is 0 Å². The van der Waals surface area contributed by atoms with Crippen molar-refractivity contribution in [3.63, 3.8) is 0 Å². The van der Waals surface area contributed by atoms with Crippen molar-refractivity contribution >= 4 is 17.0 Å². The van der Waals surface area contributed by atoms with E-state index in [1.165, 1.54) is 0 Å². The van der Waals surface area contributed by atoms with Crippen LogP contribution in [0.4, 0.5) is 0 Å². The highest BCUT2D eigenvalue weighted by Crippen LogP contribution is 2.08. The van der Waals surface area contributed by atoms with Gasteiger partial charge in [-0.25, -0.2) is 0 Å². The van der Waals surface area contributed by atoms with E-state index in [4.69, 9.17) is 0 Å². The Balaban J connectivity index is 2.37. The first-order valence-corrected chi connectivity index (χ1v) is 5.38. The van der Waals surface area contributed by atoms with Crippen LogP contribution in [0.15, 0.2) is 0 Å². The Hall–Kier alpha value is -0.460. The molecule has 5 nitrogen and oxygen atoms in total. The first-order valence-electron chi connectivity index (χ1n) is 4.14. The van der Waals surface area contributed by atoms with E-state index in [1.54, 1.807) is 4.90 Å². The zero-order valence-corrected chi connectivity index (χ0v) is 8.30. The lowest BCUT2D eigenvalue weighted by Crippen LogP contribution is -2.35. The number of likely N-dealkylation sites (tertiary alicyclic amines) is 1. The van der Waals surface area contributed by atoms with Gasteiger partial charge in [0.05, 0.1) is 5.75 Å². The Morgan fingerprint density at radius 2 is 2.46 bits per heavy atom.